The van der Waals surface area contributed by atoms with Crippen LogP contribution in [-0.4, -0.2) is 41.0 Å². The maximum Gasteiger partial charge on any atom is 0.203 e. The molecule has 1 heterocycles. The van der Waals surface area contributed by atoms with Gasteiger partial charge in [-0.05, 0) is 19.4 Å². The predicted octanol–water partition coefficient (Wildman–Crippen LogP) is 2.09. The van der Waals surface area contributed by atoms with Crippen molar-refractivity contribution in [2.24, 2.45) is 5.92 Å². The van der Waals surface area contributed by atoms with Crippen LogP contribution in [-0.2, 0) is 0 Å². The van der Waals surface area contributed by atoms with E-state index in [-0.39, 0.29) is 0 Å². The van der Waals surface area contributed by atoms with Gasteiger partial charge in [-0.2, -0.15) is 0 Å². The predicted molar refractivity (Wildman–Crippen MR) is 77.2 cm³/mol. The van der Waals surface area contributed by atoms with E-state index in [1.165, 1.54) is 12.8 Å². The molecule has 1 aromatic carbocycles. The van der Waals surface area contributed by atoms with Gasteiger partial charge in [0.2, 0.25) is 5.75 Å². The van der Waals surface area contributed by atoms with Gasteiger partial charge in [0.25, 0.3) is 0 Å². The van der Waals surface area contributed by atoms with E-state index < -0.39 is 0 Å². The van der Waals surface area contributed by atoms with Crippen LogP contribution in [0, 0.1) is 5.92 Å². The standard InChI is InChI=1S/C15H23NO4/c1-17-13-7-12(8-14(18-2)15(13)19-3)20-10-11-5-4-6-16-9-11/h7-8,11,16H,4-6,9-10H2,1-3H3. The summed E-state index contributed by atoms with van der Waals surface area (Å²) in [5, 5.41) is 3.39. The lowest BCUT2D eigenvalue weighted by Gasteiger charge is -2.23. The maximum absolute atomic E-state index is 5.87. The van der Waals surface area contributed by atoms with Gasteiger partial charge in [-0.3, -0.25) is 0 Å². The average molecular weight is 281 g/mol. The lowest BCUT2D eigenvalue weighted by atomic mass is 10.0. The molecule has 0 spiro atoms. The van der Waals surface area contributed by atoms with Gasteiger partial charge in [0.15, 0.2) is 11.5 Å². The lowest BCUT2D eigenvalue weighted by Crippen LogP contribution is -2.33. The molecular weight excluding hydrogens is 258 g/mol. The number of ether oxygens (including phenoxy) is 4. The molecular formula is C15H23NO4. The number of piperidine rings is 1. The Kier molecular flexibility index (Phi) is 5.35. The molecule has 0 radical (unpaired) electrons. The van der Waals surface area contributed by atoms with Gasteiger partial charge < -0.3 is 24.3 Å². The summed E-state index contributed by atoms with van der Waals surface area (Å²) in [6.45, 7) is 2.83. The van der Waals surface area contributed by atoms with Crippen molar-refractivity contribution >= 4 is 0 Å². The first-order valence-corrected chi connectivity index (χ1v) is 6.92. The van der Waals surface area contributed by atoms with Gasteiger partial charge in [0, 0.05) is 24.6 Å². The molecule has 20 heavy (non-hydrogen) atoms. The van der Waals surface area contributed by atoms with Crippen LogP contribution in [0.25, 0.3) is 0 Å². The number of nitrogens with one attached hydrogen (secondary N) is 1. The Morgan fingerprint density at radius 1 is 1.10 bits per heavy atom. The summed E-state index contributed by atoms with van der Waals surface area (Å²) in [6.07, 6.45) is 2.42. The lowest BCUT2D eigenvalue weighted by molar-refractivity contribution is 0.216. The van der Waals surface area contributed by atoms with Crippen LogP contribution in [0.2, 0.25) is 0 Å². The van der Waals surface area contributed by atoms with Crippen LogP contribution in [0.5, 0.6) is 23.0 Å². The Morgan fingerprint density at radius 2 is 1.80 bits per heavy atom. The third kappa shape index (κ3) is 3.48. The van der Waals surface area contributed by atoms with E-state index in [1.807, 2.05) is 12.1 Å². The SMILES string of the molecule is COc1cc(OCC2CCCNC2)cc(OC)c1OC. The zero-order valence-corrected chi connectivity index (χ0v) is 12.4. The van der Waals surface area contributed by atoms with Gasteiger partial charge in [0.1, 0.15) is 5.75 Å². The highest BCUT2D eigenvalue weighted by molar-refractivity contribution is 5.55. The van der Waals surface area contributed by atoms with Gasteiger partial charge in [0.05, 0.1) is 27.9 Å². The molecule has 0 aliphatic carbocycles. The van der Waals surface area contributed by atoms with Crippen molar-refractivity contribution in [1.82, 2.24) is 5.32 Å². The highest BCUT2D eigenvalue weighted by atomic mass is 16.5. The zero-order valence-electron chi connectivity index (χ0n) is 12.4. The first kappa shape index (κ1) is 14.8. The van der Waals surface area contributed by atoms with E-state index in [1.54, 1.807) is 21.3 Å². The average Bonchev–Trinajstić information content (AvgIpc) is 2.52. The molecule has 1 atom stereocenters. The molecule has 5 nitrogen and oxygen atoms in total. The molecule has 112 valence electrons. The number of rotatable bonds is 6. The minimum Gasteiger partial charge on any atom is -0.493 e. The fourth-order valence-corrected chi connectivity index (χ4v) is 2.42. The van der Waals surface area contributed by atoms with Crippen LogP contribution in [0.1, 0.15) is 12.8 Å². The quantitative estimate of drug-likeness (QED) is 0.865. The second-order valence-electron chi connectivity index (χ2n) is 4.88. The van der Waals surface area contributed by atoms with Crippen LogP contribution < -0.4 is 24.3 Å². The number of benzene rings is 1. The Labute approximate surface area is 120 Å². The van der Waals surface area contributed by atoms with Crippen LogP contribution in [0.4, 0.5) is 0 Å². The Morgan fingerprint density at radius 3 is 2.30 bits per heavy atom. The van der Waals surface area contributed by atoms with E-state index in [2.05, 4.69) is 5.32 Å². The molecule has 0 saturated carbocycles. The largest absolute Gasteiger partial charge is 0.493 e. The molecule has 1 saturated heterocycles. The topological polar surface area (TPSA) is 49.0 Å². The minimum absolute atomic E-state index is 0.558. The van der Waals surface area contributed by atoms with Crippen molar-refractivity contribution in [3.8, 4) is 23.0 Å². The molecule has 1 unspecified atom stereocenters. The first-order valence-electron chi connectivity index (χ1n) is 6.92. The van der Waals surface area contributed by atoms with Crippen molar-refractivity contribution in [3.63, 3.8) is 0 Å². The molecule has 0 aromatic heterocycles. The van der Waals surface area contributed by atoms with Crippen molar-refractivity contribution in [2.75, 3.05) is 41.0 Å². The van der Waals surface area contributed by atoms with E-state index in [0.717, 1.165) is 18.8 Å². The monoisotopic (exact) mass is 281 g/mol. The molecule has 1 aliphatic heterocycles. The smallest absolute Gasteiger partial charge is 0.203 e. The summed E-state index contributed by atoms with van der Waals surface area (Å²) in [7, 11) is 4.80. The fourth-order valence-electron chi connectivity index (χ4n) is 2.42. The van der Waals surface area contributed by atoms with Crippen molar-refractivity contribution in [3.05, 3.63) is 12.1 Å². The normalized spacial score (nSPS) is 18.4. The second kappa shape index (κ2) is 7.24. The van der Waals surface area contributed by atoms with Crippen molar-refractivity contribution in [2.45, 2.75) is 12.8 Å². The van der Waals surface area contributed by atoms with Crippen LogP contribution in [0.15, 0.2) is 12.1 Å². The van der Waals surface area contributed by atoms with Crippen molar-refractivity contribution in [1.29, 1.82) is 0 Å². The fraction of sp³-hybridized carbons (Fsp3) is 0.600. The molecule has 1 aromatic rings. The number of hydrogen-bond donors (Lipinski definition) is 1. The molecule has 0 amide bonds. The molecule has 1 N–H and O–H groups in total. The van der Waals surface area contributed by atoms with Gasteiger partial charge in [-0.15, -0.1) is 0 Å². The first-order chi connectivity index (χ1) is 9.78. The summed E-state index contributed by atoms with van der Waals surface area (Å²) >= 11 is 0. The van der Waals surface area contributed by atoms with Crippen LogP contribution in [0.3, 0.4) is 0 Å². The van der Waals surface area contributed by atoms with E-state index in [9.17, 15) is 0 Å². The Bertz CT molecular complexity index is 405. The van der Waals surface area contributed by atoms with Crippen molar-refractivity contribution < 1.29 is 18.9 Å². The number of methoxy groups -OCH3 is 3. The minimum atomic E-state index is 0.558. The Hall–Kier alpha value is -1.62. The van der Waals surface area contributed by atoms with Gasteiger partial charge in [-0.1, -0.05) is 0 Å². The van der Waals surface area contributed by atoms with Gasteiger partial charge >= 0.3 is 0 Å². The van der Waals surface area contributed by atoms with E-state index >= 15 is 0 Å². The molecule has 1 fully saturated rings. The third-order valence-corrected chi connectivity index (χ3v) is 3.52. The molecule has 5 heteroatoms. The zero-order chi connectivity index (χ0) is 14.4. The third-order valence-electron chi connectivity index (χ3n) is 3.52. The summed E-state index contributed by atoms with van der Waals surface area (Å²) < 4.78 is 21.8. The van der Waals surface area contributed by atoms with E-state index in [4.69, 9.17) is 18.9 Å². The summed E-state index contributed by atoms with van der Waals surface area (Å²) in [6, 6.07) is 3.66. The molecule has 0 bridgehead atoms. The molecule has 1 aliphatic rings. The van der Waals surface area contributed by atoms with Crippen LogP contribution >= 0.6 is 0 Å². The highest BCUT2D eigenvalue weighted by Crippen LogP contribution is 2.40. The molecule has 2 rings (SSSR count). The summed E-state index contributed by atoms with van der Waals surface area (Å²) in [4.78, 5) is 0. The van der Waals surface area contributed by atoms with Gasteiger partial charge in [-0.25, -0.2) is 0 Å². The highest BCUT2D eigenvalue weighted by Gasteiger charge is 2.16. The summed E-state index contributed by atoms with van der Waals surface area (Å²) in [5.41, 5.74) is 0. The maximum atomic E-state index is 5.87. The summed E-state index contributed by atoms with van der Waals surface area (Å²) in [5.74, 6) is 3.11. The van der Waals surface area contributed by atoms with E-state index in [0.29, 0.717) is 29.8 Å². The Balaban J connectivity index is 2.06. The number of hydrogen-bond acceptors (Lipinski definition) is 5. The second-order valence-corrected chi connectivity index (χ2v) is 4.88.